The van der Waals surface area contributed by atoms with E-state index in [1.54, 1.807) is 24.3 Å². The Hall–Kier alpha value is -1.88. The molecule has 0 bridgehead atoms. The predicted octanol–water partition coefficient (Wildman–Crippen LogP) is 2.24. The van der Waals surface area contributed by atoms with Crippen molar-refractivity contribution >= 4 is 12.3 Å². The minimum atomic E-state index is -0.192. The Morgan fingerprint density at radius 3 is 2.45 bits per heavy atom. The molecule has 0 aliphatic heterocycles. The van der Waals surface area contributed by atoms with Crippen molar-refractivity contribution in [3.05, 3.63) is 29.8 Å². The van der Waals surface area contributed by atoms with Crippen molar-refractivity contribution in [3.8, 4) is 5.75 Å². The molecule has 1 aromatic carbocycles. The lowest BCUT2D eigenvalue weighted by molar-refractivity contribution is -0.145. The van der Waals surface area contributed by atoms with Crippen LogP contribution in [0.3, 0.4) is 0 Å². The minimum absolute atomic E-state index is 0.192. The zero-order valence-electron chi connectivity index (χ0n) is 11.7. The monoisotopic (exact) mass is 280 g/mol. The molecule has 0 spiro atoms. The molecule has 5 heteroatoms. The van der Waals surface area contributed by atoms with Crippen LogP contribution in [0.2, 0.25) is 0 Å². The van der Waals surface area contributed by atoms with Crippen molar-refractivity contribution in [3.63, 3.8) is 0 Å². The van der Waals surface area contributed by atoms with Gasteiger partial charge in [-0.05, 0) is 30.7 Å². The highest BCUT2D eigenvalue weighted by atomic mass is 16.6. The molecule has 0 radical (unpaired) electrons. The Labute approximate surface area is 118 Å². The number of aldehydes is 1. The number of hydrogen-bond donors (Lipinski definition) is 0. The van der Waals surface area contributed by atoms with Gasteiger partial charge >= 0.3 is 5.97 Å². The first kappa shape index (κ1) is 16.2. The van der Waals surface area contributed by atoms with Gasteiger partial charge in [0.05, 0.1) is 13.2 Å². The topological polar surface area (TPSA) is 61.8 Å². The van der Waals surface area contributed by atoms with Crippen LogP contribution in [0, 0.1) is 0 Å². The lowest BCUT2D eigenvalue weighted by Crippen LogP contribution is -2.13. The molecule has 0 unspecified atom stereocenters. The van der Waals surface area contributed by atoms with Gasteiger partial charge in [-0.1, -0.05) is 6.92 Å². The summed E-state index contributed by atoms with van der Waals surface area (Å²) in [5.41, 5.74) is 0.613. The average molecular weight is 280 g/mol. The molecule has 0 aliphatic rings. The Morgan fingerprint density at radius 1 is 1.10 bits per heavy atom. The molecule has 0 amide bonds. The summed E-state index contributed by atoms with van der Waals surface area (Å²) in [5, 5.41) is 0. The predicted molar refractivity (Wildman–Crippen MR) is 74.0 cm³/mol. The summed E-state index contributed by atoms with van der Waals surface area (Å²) in [6, 6.07) is 6.85. The van der Waals surface area contributed by atoms with Gasteiger partial charge in [-0.2, -0.15) is 0 Å². The molecule has 110 valence electrons. The molecule has 1 aromatic rings. The summed E-state index contributed by atoms with van der Waals surface area (Å²) < 4.78 is 15.6. The van der Waals surface area contributed by atoms with Crippen molar-refractivity contribution in [2.45, 2.75) is 19.8 Å². The van der Waals surface area contributed by atoms with E-state index in [4.69, 9.17) is 14.2 Å². The zero-order chi connectivity index (χ0) is 14.6. The van der Waals surface area contributed by atoms with Gasteiger partial charge in [0.1, 0.15) is 25.2 Å². The van der Waals surface area contributed by atoms with E-state index in [9.17, 15) is 9.59 Å². The summed E-state index contributed by atoms with van der Waals surface area (Å²) in [4.78, 5) is 21.5. The smallest absolute Gasteiger partial charge is 0.305 e. The second-order valence-electron chi connectivity index (χ2n) is 4.12. The SMILES string of the molecule is CCCC(=O)OCCOCCOc1ccc(C=O)cc1. The molecule has 0 saturated heterocycles. The Balaban J connectivity index is 2.01. The maximum atomic E-state index is 11.0. The van der Waals surface area contributed by atoms with Gasteiger partial charge < -0.3 is 14.2 Å². The number of carbonyl (C=O) groups excluding carboxylic acids is 2. The molecule has 1 rings (SSSR count). The summed E-state index contributed by atoms with van der Waals surface area (Å²) >= 11 is 0. The van der Waals surface area contributed by atoms with Crippen molar-refractivity contribution in [1.82, 2.24) is 0 Å². The lowest BCUT2D eigenvalue weighted by Gasteiger charge is -2.07. The molecular formula is C15H20O5. The van der Waals surface area contributed by atoms with Crippen molar-refractivity contribution in [1.29, 1.82) is 0 Å². The number of rotatable bonds is 10. The lowest BCUT2D eigenvalue weighted by atomic mass is 10.2. The van der Waals surface area contributed by atoms with Crippen LogP contribution in [0.1, 0.15) is 30.1 Å². The van der Waals surface area contributed by atoms with Crippen LogP contribution in [-0.4, -0.2) is 38.7 Å². The van der Waals surface area contributed by atoms with Crippen LogP contribution in [0.4, 0.5) is 0 Å². The second-order valence-corrected chi connectivity index (χ2v) is 4.12. The van der Waals surface area contributed by atoms with Gasteiger partial charge in [0.2, 0.25) is 0 Å². The first-order valence-electron chi connectivity index (χ1n) is 6.67. The van der Waals surface area contributed by atoms with Gasteiger partial charge in [0, 0.05) is 12.0 Å². The van der Waals surface area contributed by atoms with Crippen LogP contribution < -0.4 is 4.74 Å². The number of carbonyl (C=O) groups is 2. The van der Waals surface area contributed by atoms with Crippen LogP contribution in [0.25, 0.3) is 0 Å². The summed E-state index contributed by atoms with van der Waals surface area (Å²) in [7, 11) is 0. The molecular weight excluding hydrogens is 260 g/mol. The molecule has 0 saturated carbocycles. The second kappa shape index (κ2) is 9.97. The van der Waals surface area contributed by atoms with Crippen LogP contribution in [0.15, 0.2) is 24.3 Å². The number of hydrogen-bond acceptors (Lipinski definition) is 5. The number of esters is 1. The summed E-state index contributed by atoms with van der Waals surface area (Å²) in [6.45, 7) is 3.39. The molecule has 0 aliphatic carbocycles. The molecule has 0 aromatic heterocycles. The van der Waals surface area contributed by atoms with Crippen molar-refractivity contribution in [2.24, 2.45) is 0 Å². The number of ether oxygens (including phenoxy) is 3. The molecule has 0 fully saturated rings. The van der Waals surface area contributed by atoms with E-state index >= 15 is 0 Å². The highest BCUT2D eigenvalue weighted by molar-refractivity contribution is 5.74. The highest BCUT2D eigenvalue weighted by Gasteiger charge is 2.00. The van der Waals surface area contributed by atoms with Crippen molar-refractivity contribution < 1.29 is 23.8 Å². The molecule has 5 nitrogen and oxygen atoms in total. The van der Waals surface area contributed by atoms with Gasteiger partial charge in [-0.15, -0.1) is 0 Å². The van der Waals surface area contributed by atoms with E-state index in [0.29, 0.717) is 37.6 Å². The first-order valence-corrected chi connectivity index (χ1v) is 6.67. The molecule has 20 heavy (non-hydrogen) atoms. The van der Waals surface area contributed by atoms with E-state index in [-0.39, 0.29) is 12.6 Å². The fourth-order valence-electron chi connectivity index (χ4n) is 1.45. The zero-order valence-corrected chi connectivity index (χ0v) is 11.7. The minimum Gasteiger partial charge on any atom is -0.491 e. The van der Waals surface area contributed by atoms with Gasteiger partial charge in [-0.3, -0.25) is 9.59 Å². The van der Waals surface area contributed by atoms with Crippen molar-refractivity contribution in [2.75, 3.05) is 26.4 Å². The largest absolute Gasteiger partial charge is 0.491 e. The maximum Gasteiger partial charge on any atom is 0.305 e. The Bertz CT molecular complexity index is 399. The quantitative estimate of drug-likeness (QED) is 0.373. The molecule has 0 heterocycles. The molecule has 0 N–H and O–H groups in total. The van der Waals surface area contributed by atoms with Crippen LogP contribution in [-0.2, 0) is 14.3 Å². The standard InChI is InChI=1S/C15H20O5/c1-2-3-15(17)20-11-9-18-8-10-19-14-6-4-13(12-16)5-7-14/h4-7,12H,2-3,8-11H2,1H3. The highest BCUT2D eigenvalue weighted by Crippen LogP contribution is 2.10. The van der Waals surface area contributed by atoms with Gasteiger partial charge in [0.25, 0.3) is 0 Å². The third-order valence-corrected chi connectivity index (χ3v) is 2.46. The normalized spacial score (nSPS) is 10.1. The fourth-order valence-corrected chi connectivity index (χ4v) is 1.45. The van der Waals surface area contributed by atoms with E-state index < -0.39 is 0 Å². The molecule has 0 atom stereocenters. The fraction of sp³-hybridized carbons (Fsp3) is 0.467. The summed E-state index contributed by atoms with van der Waals surface area (Å²) in [5.74, 6) is 0.496. The third kappa shape index (κ3) is 6.89. The average Bonchev–Trinajstić information content (AvgIpc) is 2.47. The van der Waals surface area contributed by atoms with Crippen LogP contribution >= 0.6 is 0 Å². The van der Waals surface area contributed by atoms with E-state index in [1.807, 2.05) is 6.92 Å². The van der Waals surface area contributed by atoms with Crippen LogP contribution in [0.5, 0.6) is 5.75 Å². The van der Waals surface area contributed by atoms with E-state index in [1.165, 1.54) is 0 Å². The Morgan fingerprint density at radius 2 is 1.80 bits per heavy atom. The summed E-state index contributed by atoms with van der Waals surface area (Å²) in [6.07, 6.45) is 2.02. The maximum absolute atomic E-state index is 11.0. The third-order valence-electron chi connectivity index (χ3n) is 2.46. The van der Waals surface area contributed by atoms with Gasteiger partial charge in [0.15, 0.2) is 0 Å². The number of benzene rings is 1. The van der Waals surface area contributed by atoms with Gasteiger partial charge in [-0.25, -0.2) is 0 Å². The van der Waals surface area contributed by atoms with E-state index in [2.05, 4.69) is 0 Å². The van der Waals surface area contributed by atoms with E-state index in [0.717, 1.165) is 12.7 Å². The Kier molecular flexibility index (Phi) is 8.07. The first-order chi connectivity index (χ1) is 9.76.